The molecule has 1 aliphatic heterocycles. The van der Waals surface area contributed by atoms with Gasteiger partial charge in [-0.1, -0.05) is 24.3 Å². The van der Waals surface area contributed by atoms with E-state index >= 15 is 0 Å². The number of nitrogens with one attached hydrogen (secondary N) is 1. The van der Waals surface area contributed by atoms with Gasteiger partial charge in [0.1, 0.15) is 5.58 Å². The van der Waals surface area contributed by atoms with Crippen molar-refractivity contribution in [1.82, 2.24) is 5.32 Å². The third-order valence-corrected chi connectivity index (χ3v) is 5.27. The van der Waals surface area contributed by atoms with Crippen molar-refractivity contribution in [3.8, 4) is 0 Å². The average Bonchev–Trinajstić information content (AvgIpc) is 3.34. The third kappa shape index (κ3) is 2.06. The second kappa shape index (κ2) is 4.94. The molecule has 1 saturated carbocycles. The van der Waals surface area contributed by atoms with Crippen molar-refractivity contribution < 1.29 is 14.0 Å². The Kier molecular flexibility index (Phi) is 2.84. The van der Waals surface area contributed by atoms with E-state index in [1.807, 2.05) is 6.07 Å². The third-order valence-electron chi connectivity index (χ3n) is 5.27. The maximum Gasteiger partial charge on any atom is 0.234 e. The lowest BCUT2D eigenvalue weighted by molar-refractivity contribution is -0.134. The van der Waals surface area contributed by atoms with Crippen molar-refractivity contribution in [3.63, 3.8) is 0 Å². The Hall–Kier alpha value is -2.62. The number of imide groups is 1. The number of piperidine rings is 1. The average molecular weight is 319 g/mol. The Morgan fingerprint density at radius 2 is 1.92 bits per heavy atom. The Labute approximate surface area is 138 Å². The molecule has 2 aliphatic rings. The zero-order chi connectivity index (χ0) is 16.3. The first kappa shape index (κ1) is 13.8. The highest BCUT2D eigenvalue weighted by Gasteiger charge is 2.31. The van der Waals surface area contributed by atoms with Crippen LogP contribution in [0.3, 0.4) is 0 Å². The van der Waals surface area contributed by atoms with Crippen LogP contribution in [0, 0.1) is 0 Å². The van der Waals surface area contributed by atoms with E-state index in [-0.39, 0.29) is 17.7 Å². The number of rotatable bonds is 2. The van der Waals surface area contributed by atoms with Gasteiger partial charge in [-0.15, -0.1) is 0 Å². The maximum atomic E-state index is 12.3. The molecular weight excluding hydrogens is 302 g/mol. The van der Waals surface area contributed by atoms with E-state index in [1.165, 1.54) is 23.8 Å². The molecule has 1 N–H and O–H groups in total. The molecule has 120 valence electrons. The van der Waals surface area contributed by atoms with E-state index in [1.54, 1.807) is 6.26 Å². The molecule has 0 radical (unpaired) electrons. The molecule has 5 rings (SSSR count). The van der Waals surface area contributed by atoms with Crippen LogP contribution in [-0.4, -0.2) is 11.8 Å². The number of carbonyl (C=O) groups is 2. The zero-order valence-electron chi connectivity index (χ0n) is 13.2. The van der Waals surface area contributed by atoms with Gasteiger partial charge in [-0.3, -0.25) is 14.9 Å². The summed E-state index contributed by atoms with van der Waals surface area (Å²) in [7, 11) is 0. The van der Waals surface area contributed by atoms with Crippen LogP contribution >= 0.6 is 0 Å². The summed E-state index contributed by atoms with van der Waals surface area (Å²) in [5, 5.41) is 5.75. The van der Waals surface area contributed by atoms with Gasteiger partial charge in [0, 0.05) is 17.4 Å². The van der Waals surface area contributed by atoms with Crippen molar-refractivity contribution in [2.24, 2.45) is 0 Å². The van der Waals surface area contributed by atoms with Crippen LogP contribution in [0.25, 0.3) is 21.7 Å². The maximum absolute atomic E-state index is 12.3. The van der Waals surface area contributed by atoms with Crippen LogP contribution in [0.4, 0.5) is 0 Å². The molecule has 1 saturated heterocycles. The first-order valence-corrected chi connectivity index (χ1v) is 8.48. The molecule has 3 aromatic rings. The van der Waals surface area contributed by atoms with Gasteiger partial charge >= 0.3 is 0 Å². The van der Waals surface area contributed by atoms with Gasteiger partial charge in [0.25, 0.3) is 0 Å². The van der Waals surface area contributed by atoms with Crippen molar-refractivity contribution in [2.75, 3.05) is 0 Å². The number of benzene rings is 2. The number of hydrogen-bond acceptors (Lipinski definition) is 3. The Bertz CT molecular complexity index is 997. The van der Waals surface area contributed by atoms with Gasteiger partial charge in [-0.2, -0.15) is 0 Å². The summed E-state index contributed by atoms with van der Waals surface area (Å²) in [6.07, 6.45) is 5.15. The lowest BCUT2D eigenvalue weighted by atomic mass is 9.88. The molecule has 24 heavy (non-hydrogen) atoms. The number of furan rings is 1. The second-order valence-electron chi connectivity index (χ2n) is 6.89. The number of amides is 2. The zero-order valence-corrected chi connectivity index (χ0v) is 13.2. The second-order valence-corrected chi connectivity index (χ2v) is 6.89. The fourth-order valence-corrected chi connectivity index (χ4v) is 3.83. The number of carbonyl (C=O) groups excluding carboxylic acids is 2. The molecule has 2 fully saturated rings. The van der Waals surface area contributed by atoms with Gasteiger partial charge in [0.2, 0.25) is 11.8 Å². The standard InChI is InChI=1S/C20H17NO3/c22-18-8-6-15(20(23)21-18)16-10-24-17-7-4-13-9-12(11-1-2-11)3-5-14(13)19(16)17/h3-5,7,9-11,15H,1-2,6,8H2,(H,21,22,23). The summed E-state index contributed by atoms with van der Waals surface area (Å²) in [5.41, 5.74) is 3.08. The summed E-state index contributed by atoms with van der Waals surface area (Å²) in [6, 6.07) is 10.7. The largest absolute Gasteiger partial charge is 0.464 e. The van der Waals surface area contributed by atoms with Crippen LogP contribution in [0.15, 0.2) is 41.0 Å². The first-order chi connectivity index (χ1) is 11.7. The van der Waals surface area contributed by atoms with Gasteiger partial charge in [-0.05, 0) is 47.6 Å². The minimum atomic E-state index is -0.322. The Balaban J connectivity index is 1.69. The topological polar surface area (TPSA) is 59.3 Å². The van der Waals surface area contributed by atoms with Gasteiger partial charge in [-0.25, -0.2) is 0 Å². The SMILES string of the molecule is O=C1CCC(c2coc3ccc4cc(C5CC5)ccc4c23)C(=O)N1. The quantitative estimate of drug-likeness (QED) is 0.727. The predicted molar refractivity (Wildman–Crippen MR) is 90.8 cm³/mol. The normalized spacial score (nSPS) is 21.4. The minimum Gasteiger partial charge on any atom is -0.464 e. The van der Waals surface area contributed by atoms with Crippen molar-refractivity contribution in [3.05, 3.63) is 47.7 Å². The highest BCUT2D eigenvalue weighted by Crippen LogP contribution is 2.42. The molecular formula is C20H17NO3. The summed E-state index contributed by atoms with van der Waals surface area (Å²) >= 11 is 0. The van der Waals surface area contributed by atoms with Gasteiger partial charge in [0.15, 0.2) is 0 Å². The van der Waals surface area contributed by atoms with Gasteiger partial charge < -0.3 is 4.42 Å². The van der Waals surface area contributed by atoms with Gasteiger partial charge in [0.05, 0.1) is 12.2 Å². The molecule has 1 aliphatic carbocycles. The van der Waals surface area contributed by atoms with E-state index in [9.17, 15) is 9.59 Å². The molecule has 2 amide bonds. The lowest BCUT2D eigenvalue weighted by Gasteiger charge is -2.20. The Morgan fingerprint density at radius 3 is 2.71 bits per heavy atom. The van der Waals surface area contributed by atoms with Crippen molar-refractivity contribution in [1.29, 1.82) is 0 Å². The molecule has 4 heteroatoms. The lowest BCUT2D eigenvalue weighted by Crippen LogP contribution is -2.39. The Morgan fingerprint density at radius 1 is 1.04 bits per heavy atom. The molecule has 1 unspecified atom stereocenters. The van der Waals surface area contributed by atoms with Crippen LogP contribution < -0.4 is 5.32 Å². The van der Waals surface area contributed by atoms with Crippen LogP contribution in [0.1, 0.15) is 48.6 Å². The fraction of sp³-hybridized carbons (Fsp3) is 0.300. The van der Waals surface area contributed by atoms with Crippen LogP contribution in [-0.2, 0) is 9.59 Å². The molecule has 2 heterocycles. The predicted octanol–water partition coefficient (Wildman–Crippen LogP) is 3.98. The highest BCUT2D eigenvalue weighted by atomic mass is 16.3. The van der Waals surface area contributed by atoms with E-state index < -0.39 is 0 Å². The summed E-state index contributed by atoms with van der Waals surface area (Å²) in [4.78, 5) is 23.7. The highest BCUT2D eigenvalue weighted by molar-refractivity contribution is 6.10. The van der Waals surface area contributed by atoms with Crippen LogP contribution in [0.2, 0.25) is 0 Å². The molecule has 4 nitrogen and oxygen atoms in total. The van der Waals surface area contributed by atoms with E-state index in [2.05, 4.69) is 29.6 Å². The minimum absolute atomic E-state index is 0.192. The monoisotopic (exact) mass is 319 g/mol. The summed E-state index contributed by atoms with van der Waals surface area (Å²) < 4.78 is 5.71. The summed E-state index contributed by atoms with van der Waals surface area (Å²) in [6.45, 7) is 0. The van der Waals surface area contributed by atoms with E-state index in [0.29, 0.717) is 18.8 Å². The molecule has 1 atom stereocenters. The number of fused-ring (bicyclic) bond motifs is 3. The van der Waals surface area contributed by atoms with Crippen LogP contribution in [0.5, 0.6) is 0 Å². The summed E-state index contributed by atoms with van der Waals surface area (Å²) in [5.74, 6) is -0.0229. The van der Waals surface area contributed by atoms with Crippen molar-refractivity contribution >= 4 is 33.6 Å². The molecule has 1 aromatic heterocycles. The van der Waals surface area contributed by atoms with Crippen molar-refractivity contribution in [2.45, 2.75) is 37.5 Å². The number of hydrogen-bond donors (Lipinski definition) is 1. The van der Waals surface area contributed by atoms with E-state index in [4.69, 9.17) is 4.42 Å². The molecule has 0 spiro atoms. The fourth-order valence-electron chi connectivity index (χ4n) is 3.83. The molecule has 0 bridgehead atoms. The van der Waals surface area contributed by atoms with E-state index in [0.717, 1.165) is 21.9 Å². The first-order valence-electron chi connectivity index (χ1n) is 8.48. The molecule has 2 aromatic carbocycles. The smallest absolute Gasteiger partial charge is 0.234 e.